The number of benzene rings is 2. The van der Waals surface area contributed by atoms with E-state index in [4.69, 9.17) is 5.11 Å². The van der Waals surface area contributed by atoms with Crippen LogP contribution in [0.5, 0.6) is 0 Å². The van der Waals surface area contributed by atoms with Crippen molar-refractivity contribution in [2.75, 3.05) is 0 Å². The summed E-state index contributed by atoms with van der Waals surface area (Å²) in [6.07, 6.45) is 4.51. The zero-order chi connectivity index (χ0) is 12.1. The number of carbonyl (C=O) groups is 1. The summed E-state index contributed by atoms with van der Waals surface area (Å²) in [7, 11) is 0. The van der Waals surface area contributed by atoms with E-state index in [1.54, 1.807) is 6.08 Å². The Morgan fingerprint density at radius 2 is 1.88 bits per heavy atom. The summed E-state index contributed by atoms with van der Waals surface area (Å²) in [6, 6.07) is 14.5. The first-order valence-corrected chi connectivity index (χ1v) is 5.63. The highest BCUT2D eigenvalue weighted by Crippen LogP contribution is 2.19. The zero-order valence-electron chi connectivity index (χ0n) is 9.47. The Morgan fingerprint density at radius 1 is 1.12 bits per heavy atom. The second-order valence-corrected chi connectivity index (χ2v) is 3.92. The van der Waals surface area contributed by atoms with Crippen LogP contribution in [-0.4, -0.2) is 11.1 Å². The SMILES string of the molecule is O=C(O)/C=C/CCc1cccc2ccccc12. The number of hydrogen-bond donors (Lipinski definition) is 1. The average molecular weight is 226 g/mol. The first kappa shape index (κ1) is 11.4. The molecule has 0 unspecified atom stereocenters. The maximum absolute atomic E-state index is 10.3. The molecule has 0 heterocycles. The number of carboxylic acids is 1. The Bertz CT molecular complexity index is 550. The van der Waals surface area contributed by atoms with Crippen LogP contribution in [0.15, 0.2) is 54.6 Å². The number of aliphatic carboxylic acids is 1. The van der Waals surface area contributed by atoms with Crippen LogP contribution in [0, 0.1) is 0 Å². The first-order chi connectivity index (χ1) is 8.27. The molecule has 0 amide bonds. The molecule has 2 aromatic rings. The molecule has 0 aromatic heterocycles. The Balaban J connectivity index is 2.16. The summed E-state index contributed by atoms with van der Waals surface area (Å²) in [4.78, 5) is 10.3. The molecule has 86 valence electrons. The Kier molecular flexibility index (Phi) is 3.55. The molecule has 0 aliphatic heterocycles. The van der Waals surface area contributed by atoms with E-state index in [9.17, 15) is 4.79 Å². The number of fused-ring (bicyclic) bond motifs is 1. The Morgan fingerprint density at radius 3 is 2.71 bits per heavy atom. The summed E-state index contributed by atoms with van der Waals surface area (Å²) in [5.74, 6) is -0.886. The van der Waals surface area contributed by atoms with Gasteiger partial charge in [-0.25, -0.2) is 4.79 Å². The van der Waals surface area contributed by atoms with Gasteiger partial charge >= 0.3 is 5.97 Å². The molecule has 0 aliphatic rings. The lowest BCUT2D eigenvalue weighted by Crippen LogP contribution is -1.88. The highest BCUT2D eigenvalue weighted by Gasteiger charge is 1.98. The maximum atomic E-state index is 10.3. The largest absolute Gasteiger partial charge is 0.478 e. The molecule has 0 fully saturated rings. The van der Waals surface area contributed by atoms with Gasteiger partial charge in [-0.2, -0.15) is 0 Å². The van der Waals surface area contributed by atoms with Crippen LogP contribution in [0.2, 0.25) is 0 Å². The summed E-state index contributed by atoms with van der Waals surface area (Å²) >= 11 is 0. The molecule has 0 atom stereocenters. The highest BCUT2D eigenvalue weighted by atomic mass is 16.4. The monoisotopic (exact) mass is 226 g/mol. The summed E-state index contributed by atoms with van der Waals surface area (Å²) in [5.41, 5.74) is 1.26. The molecular weight excluding hydrogens is 212 g/mol. The molecule has 1 N–H and O–H groups in total. The minimum absolute atomic E-state index is 0.750. The van der Waals surface area contributed by atoms with Crippen molar-refractivity contribution in [2.24, 2.45) is 0 Å². The lowest BCUT2D eigenvalue weighted by molar-refractivity contribution is -0.131. The van der Waals surface area contributed by atoms with E-state index in [-0.39, 0.29) is 0 Å². The van der Waals surface area contributed by atoms with E-state index in [0.717, 1.165) is 12.8 Å². The molecule has 0 saturated carbocycles. The molecular formula is C15H14O2. The van der Waals surface area contributed by atoms with E-state index in [0.29, 0.717) is 0 Å². The smallest absolute Gasteiger partial charge is 0.327 e. The number of aryl methyl sites for hydroxylation is 1. The van der Waals surface area contributed by atoms with Gasteiger partial charge in [0.1, 0.15) is 0 Å². The van der Waals surface area contributed by atoms with Gasteiger partial charge in [-0.15, -0.1) is 0 Å². The van der Waals surface area contributed by atoms with E-state index >= 15 is 0 Å². The predicted molar refractivity (Wildman–Crippen MR) is 69.0 cm³/mol. The van der Waals surface area contributed by atoms with Crippen molar-refractivity contribution < 1.29 is 9.90 Å². The van der Waals surface area contributed by atoms with Gasteiger partial charge in [-0.1, -0.05) is 48.5 Å². The fourth-order valence-electron chi connectivity index (χ4n) is 1.93. The van der Waals surface area contributed by atoms with Crippen molar-refractivity contribution in [2.45, 2.75) is 12.8 Å². The van der Waals surface area contributed by atoms with Gasteiger partial charge in [0.15, 0.2) is 0 Å². The van der Waals surface area contributed by atoms with E-state index < -0.39 is 5.97 Å². The molecule has 0 aliphatic carbocycles. The summed E-state index contributed by atoms with van der Waals surface area (Å²) in [5, 5.41) is 11.0. The summed E-state index contributed by atoms with van der Waals surface area (Å²) in [6.45, 7) is 0. The van der Waals surface area contributed by atoms with Gasteiger partial charge in [0.05, 0.1) is 0 Å². The van der Waals surface area contributed by atoms with Crippen LogP contribution in [0.25, 0.3) is 10.8 Å². The standard InChI is InChI=1S/C15H14O2/c16-15(17)11-4-2-7-13-9-5-8-12-6-1-3-10-14(12)13/h1,3-6,8-11H,2,7H2,(H,16,17)/b11-4+. The topological polar surface area (TPSA) is 37.3 Å². The molecule has 2 aromatic carbocycles. The van der Waals surface area contributed by atoms with Crippen molar-refractivity contribution in [1.82, 2.24) is 0 Å². The van der Waals surface area contributed by atoms with Crippen LogP contribution in [0.4, 0.5) is 0 Å². The molecule has 2 rings (SSSR count). The second kappa shape index (κ2) is 5.30. The van der Waals surface area contributed by atoms with Crippen molar-refractivity contribution >= 4 is 16.7 Å². The number of rotatable bonds is 4. The number of allylic oxidation sites excluding steroid dienone is 1. The van der Waals surface area contributed by atoms with Crippen LogP contribution in [0.1, 0.15) is 12.0 Å². The summed E-state index contributed by atoms with van der Waals surface area (Å²) < 4.78 is 0. The Labute approximate surface area is 100 Å². The van der Waals surface area contributed by atoms with Crippen molar-refractivity contribution in [3.8, 4) is 0 Å². The quantitative estimate of drug-likeness (QED) is 0.811. The van der Waals surface area contributed by atoms with Crippen LogP contribution >= 0.6 is 0 Å². The van der Waals surface area contributed by atoms with Gasteiger partial charge in [0.25, 0.3) is 0 Å². The molecule has 0 bridgehead atoms. The lowest BCUT2D eigenvalue weighted by atomic mass is 10.0. The van der Waals surface area contributed by atoms with Gasteiger partial charge in [-0.3, -0.25) is 0 Å². The first-order valence-electron chi connectivity index (χ1n) is 5.63. The molecule has 2 nitrogen and oxygen atoms in total. The van der Waals surface area contributed by atoms with E-state index in [1.807, 2.05) is 18.2 Å². The van der Waals surface area contributed by atoms with Crippen molar-refractivity contribution in [1.29, 1.82) is 0 Å². The Hall–Kier alpha value is -2.09. The van der Waals surface area contributed by atoms with Crippen molar-refractivity contribution in [3.05, 3.63) is 60.2 Å². The minimum atomic E-state index is -0.886. The molecule has 0 radical (unpaired) electrons. The maximum Gasteiger partial charge on any atom is 0.327 e. The normalized spacial score (nSPS) is 11.1. The van der Waals surface area contributed by atoms with Crippen LogP contribution in [-0.2, 0) is 11.2 Å². The van der Waals surface area contributed by atoms with Gasteiger partial charge in [-0.05, 0) is 29.2 Å². The third-order valence-electron chi connectivity index (χ3n) is 2.72. The van der Waals surface area contributed by atoms with E-state index in [1.165, 1.54) is 22.4 Å². The van der Waals surface area contributed by atoms with Crippen LogP contribution < -0.4 is 0 Å². The number of hydrogen-bond acceptors (Lipinski definition) is 1. The van der Waals surface area contributed by atoms with E-state index in [2.05, 4.69) is 24.3 Å². The van der Waals surface area contributed by atoms with Gasteiger partial charge in [0.2, 0.25) is 0 Å². The minimum Gasteiger partial charge on any atom is -0.478 e. The fourth-order valence-corrected chi connectivity index (χ4v) is 1.93. The molecule has 0 spiro atoms. The average Bonchev–Trinajstić information content (AvgIpc) is 2.34. The highest BCUT2D eigenvalue weighted by molar-refractivity contribution is 5.85. The van der Waals surface area contributed by atoms with Gasteiger partial charge < -0.3 is 5.11 Å². The zero-order valence-corrected chi connectivity index (χ0v) is 9.47. The molecule has 0 saturated heterocycles. The van der Waals surface area contributed by atoms with Crippen LogP contribution in [0.3, 0.4) is 0 Å². The molecule has 2 heteroatoms. The molecule has 17 heavy (non-hydrogen) atoms. The second-order valence-electron chi connectivity index (χ2n) is 3.92. The fraction of sp³-hybridized carbons (Fsp3) is 0.133. The predicted octanol–water partition coefficient (Wildman–Crippen LogP) is 3.41. The van der Waals surface area contributed by atoms with Gasteiger partial charge in [0, 0.05) is 6.08 Å². The third-order valence-corrected chi connectivity index (χ3v) is 2.72. The third kappa shape index (κ3) is 2.94. The number of carboxylic acid groups (broad SMARTS) is 1. The van der Waals surface area contributed by atoms with Crippen molar-refractivity contribution in [3.63, 3.8) is 0 Å². The lowest BCUT2D eigenvalue weighted by Gasteiger charge is -2.04.